The summed E-state index contributed by atoms with van der Waals surface area (Å²) < 4.78 is 6.06. The summed E-state index contributed by atoms with van der Waals surface area (Å²) in [5.74, 6) is 0.249. The van der Waals surface area contributed by atoms with Gasteiger partial charge in [0.15, 0.2) is 0 Å². The Hall–Kier alpha value is -1.80. The molecule has 0 aliphatic heterocycles. The molecule has 5 nitrogen and oxygen atoms in total. The van der Waals surface area contributed by atoms with Crippen molar-refractivity contribution in [1.29, 1.82) is 0 Å². The predicted octanol–water partition coefficient (Wildman–Crippen LogP) is 5.27. The fraction of sp³-hybridized carbons (Fsp3) is 0.333. The van der Waals surface area contributed by atoms with Crippen molar-refractivity contribution in [3.05, 3.63) is 56.1 Å². The number of methoxy groups -OCH3 is 1. The molecule has 1 fully saturated rings. The van der Waals surface area contributed by atoms with Crippen LogP contribution in [0.25, 0.3) is 0 Å². The van der Waals surface area contributed by atoms with Crippen LogP contribution in [-0.2, 0) is 0 Å². The van der Waals surface area contributed by atoms with Gasteiger partial charge in [-0.25, -0.2) is 0 Å². The van der Waals surface area contributed by atoms with Crippen molar-refractivity contribution in [3.63, 3.8) is 0 Å². The van der Waals surface area contributed by atoms with Crippen molar-refractivity contribution in [2.75, 3.05) is 12.4 Å². The number of benzene rings is 2. The second-order valence-corrected chi connectivity index (χ2v) is 8.38. The van der Waals surface area contributed by atoms with Crippen molar-refractivity contribution in [2.45, 2.75) is 38.1 Å². The molecule has 0 unspecified atom stereocenters. The topological polar surface area (TPSA) is 67.4 Å². The van der Waals surface area contributed by atoms with Gasteiger partial charge >= 0.3 is 0 Å². The lowest BCUT2D eigenvalue weighted by Gasteiger charge is -2.23. The third kappa shape index (κ3) is 5.17. The highest BCUT2D eigenvalue weighted by Crippen LogP contribution is 2.25. The fourth-order valence-corrected chi connectivity index (χ4v) is 4.24. The van der Waals surface area contributed by atoms with E-state index in [1.54, 1.807) is 43.5 Å². The van der Waals surface area contributed by atoms with E-state index in [0.29, 0.717) is 27.6 Å². The Labute approximate surface area is 183 Å². The monoisotopic (exact) mass is 512 g/mol. The number of halogens is 2. The summed E-state index contributed by atoms with van der Waals surface area (Å²) in [6, 6.07) is 10.3. The van der Waals surface area contributed by atoms with Gasteiger partial charge in [-0.3, -0.25) is 9.59 Å². The van der Waals surface area contributed by atoms with Gasteiger partial charge < -0.3 is 15.4 Å². The maximum Gasteiger partial charge on any atom is 0.255 e. The van der Waals surface area contributed by atoms with Crippen molar-refractivity contribution >= 4 is 51.7 Å². The first kappa shape index (κ1) is 20.9. The molecule has 7 heteroatoms. The second-order valence-electron chi connectivity index (χ2n) is 6.81. The van der Waals surface area contributed by atoms with Crippen LogP contribution in [0.4, 0.5) is 5.69 Å². The number of nitrogens with one attached hydrogen (secondary N) is 2. The Kier molecular flexibility index (Phi) is 7.18. The summed E-state index contributed by atoms with van der Waals surface area (Å²) in [4.78, 5) is 25.2. The van der Waals surface area contributed by atoms with Crippen LogP contribution in [0.5, 0.6) is 5.75 Å². The lowest BCUT2D eigenvalue weighted by atomic mass is 9.95. The third-order valence-electron chi connectivity index (χ3n) is 4.82. The fourth-order valence-electron chi connectivity index (χ4n) is 3.30. The molecule has 1 aliphatic carbocycles. The molecule has 2 amide bonds. The first-order valence-electron chi connectivity index (χ1n) is 9.23. The van der Waals surface area contributed by atoms with E-state index in [4.69, 9.17) is 16.3 Å². The first-order valence-corrected chi connectivity index (χ1v) is 10.7. The zero-order valence-corrected chi connectivity index (χ0v) is 18.5. The van der Waals surface area contributed by atoms with Crippen LogP contribution < -0.4 is 15.4 Å². The molecule has 28 heavy (non-hydrogen) atoms. The highest BCUT2D eigenvalue weighted by atomic mass is 127. The van der Waals surface area contributed by atoms with E-state index in [2.05, 4.69) is 33.2 Å². The number of hydrogen-bond acceptors (Lipinski definition) is 3. The largest absolute Gasteiger partial charge is 0.496 e. The van der Waals surface area contributed by atoms with E-state index in [1.165, 1.54) is 6.42 Å². The molecule has 3 rings (SSSR count). The summed E-state index contributed by atoms with van der Waals surface area (Å²) in [7, 11) is 1.59. The summed E-state index contributed by atoms with van der Waals surface area (Å²) in [6.45, 7) is 0. The molecule has 0 aromatic heterocycles. The van der Waals surface area contributed by atoms with Crippen LogP contribution in [0.3, 0.4) is 0 Å². The Morgan fingerprint density at radius 2 is 1.82 bits per heavy atom. The van der Waals surface area contributed by atoms with E-state index in [1.807, 2.05) is 0 Å². The van der Waals surface area contributed by atoms with Crippen molar-refractivity contribution in [1.82, 2.24) is 5.32 Å². The summed E-state index contributed by atoms with van der Waals surface area (Å²) in [6.07, 6.45) is 5.48. The van der Waals surface area contributed by atoms with Crippen molar-refractivity contribution in [2.24, 2.45) is 0 Å². The van der Waals surface area contributed by atoms with Crippen LogP contribution in [0.1, 0.15) is 52.8 Å². The lowest BCUT2D eigenvalue weighted by molar-refractivity contribution is 0.0926. The normalized spacial score (nSPS) is 14.4. The van der Waals surface area contributed by atoms with E-state index in [9.17, 15) is 9.59 Å². The van der Waals surface area contributed by atoms with Gasteiger partial charge in [0.25, 0.3) is 11.8 Å². The number of ether oxygens (including phenoxy) is 1. The molecule has 0 spiro atoms. The number of rotatable bonds is 5. The number of carbonyl (C=O) groups excluding carboxylic acids is 2. The van der Waals surface area contributed by atoms with Crippen molar-refractivity contribution in [3.8, 4) is 5.75 Å². The summed E-state index contributed by atoms with van der Waals surface area (Å²) in [5, 5.41) is 6.25. The minimum Gasteiger partial charge on any atom is -0.496 e. The minimum atomic E-state index is -0.262. The highest BCUT2D eigenvalue weighted by Gasteiger charge is 2.19. The van der Waals surface area contributed by atoms with Gasteiger partial charge in [0.05, 0.1) is 21.3 Å². The van der Waals surface area contributed by atoms with E-state index >= 15 is 0 Å². The van der Waals surface area contributed by atoms with E-state index in [0.717, 1.165) is 29.3 Å². The molecular formula is C21H22ClIN2O3. The maximum absolute atomic E-state index is 12.6. The minimum absolute atomic E-state index is 0.192. The SMILES string of the molecule is COc1ccc(C(=O)Nc2ccc(Cl)c(C(=O)NC3CCCCC3)c2)cc1I. The van der Waals surface area contributed by atoms with E-state index in [-0.39, 0.29) is 17.9 Å². The molecule has 148 valence electrons. The molecule has 2 aromatic rings. The molecule has 0 heterocycles. The van der Waals surface area contributed by atoms with Crippen LogP contribution in [0.2, 0.25) is 5.02 Å². The van der Waals surface area contributed by atoms with Gasteiger partial charge in [-0.15, -0.1) is 0 Å². The summed E-state index contributed by atoms with van der Waals surface area (Å²) in [5.41, 5.74) is 1.40. The molecule has 0 atom stereocenters. The van der Waals surface area contributed by atoms with Crippen LogP contribution in [0.15, 0.2) is 36.4 Å². The Balaban J connectivity index is 1.72. The second kappa shape index (κ2) is 9.60. The smallest absolute Gasteiger partial charge is 0.255 e. The molecule has 1 saturated carbocycles. The van der Waals surface area contributed by atoms with Crippen molar-refractivity contribution < 1.29 is 14.3 Å². The number of carbonyl (C=O) groups is 2. The zero-order valence-electron chi connectivity index (χ0n) is 15.6. The van der Waals surface area contributed by atoms with Gasteiger partial charge in [-0.1, -0.05) is 30.9 Å². The standard InChI is InChI=1S/C21H22ClIN2O3/c1-28-19-10-7-13(11-18(19)23)20(26)25-15-8-9-17(22)16(12-15)21(27)24-14-5-3-2-4-6-14/h7-12,14H,2-6H2,1H3,(H,24,27)(H,25,26). The zero-order chi connectivity index (χ0) is 20.1. The van der Waals surface area contributed by atoms with Gasteiger partial charge in [-0.2, -0.15) is 0 Å². The quantitative estimate of drug-likeness (QED) is 0.537. The number of anilines is 1. The van der Waals surface area contributed by atoms with Crippen LogP contribution in [0, 0.1) is 3.57 Å². The van der Waals surface area contributed by atoms with E-state index < -0.39 is 0 Å². The van der Waals surface area contributed by atoms with Gasteiger partial charge in [0.2, 0.25) is 0 Å². The van der Waals surface area contributed by atoms with Crippen LogP contribution in [-0.4, -0.2) is 25.0 Å². The predicted molar refractivity (Wildman–Crippen MR) is 119 cm³/mol. The average molecular weight is 513 g/mol. The molecule has 0 radical (unpaired) electrons. The average Bonchev–Trinajstić information content (AvgIpc) is 2.70. The lowest BCUT2D eigenvalue weighted by Crippen LogP contribution is -2.36. The van der Waals surface area contributed by atoms with Gasteiger partial charge in [-0.05, 0) is 71.8 Å². The molecule has 2 aromatic carbocycles. The Bertz CT molecular complexity index is 882. The van der Waals surface area contributed by atoms with Gasteiger partial charge in [0, 0.05) is 17.3 Å². The molecule has 2 N–H and O–H groups in total. The molecular weight excluding hydrogens is 491 g/mol. The van der Waals surface area contributed by atoms with Crippen LogP contribution >= 0.6 is 34.2 Å². The number of amides is 2. The number of hydrogen-bond donors (Lipinski definition) is 2. The Morgan fingerprint density at radius 3 is 2.50 bits per heavy atom. The van der Waals surface area contributed by atoms with Gasteiger partial charge in [0.1, 0.15) is 5.75 Å². The molecule has 0 bridgehead atoms. The summed E-state index contributed by atoms with van der Waals surface area (Å²) >= 11 is 8.35. The molecule has 0 saturated heterocycles. The molecule has 1 aliphatic rings. The highest BCUT2D eigenvalue weighted by molar-refractivity contribution is 14.1. The first-order chi connectivity index (χ1) is 13.5. The maximum atomic E-state index is 12.6. The third-order valence-corrected chi connectivity index (χ3v) is 6.00. The Morgan fingerprint density at radius 1 is 1.07 bits per heavy atom.